The van der Waals surface area contributed by atoms with Gasteiger partial charge >= 0.3 is 0 Å². The van der Waals surface area contributed by atoms with Crippen LogP contribution in [0.3, 0.4) is 0 Å². The van der Waals surface area contributed by atoms with Gasteiger partial charge in [0.1, 0.15) is 5.75 Å². The summed E-state index contributed by atoms with van der Waals surface area (Å²) in [5.41, 5.74) is 12.0. The second-order valence-corrected chi connectivity index (χ2v) is 5.51. The quantitative estimate of drug-likeness (QED) is 0.803. The van der Waals surface area contributed by atoms with Crippen LogP contribution in [0.15, 0.2) is 24.3 Å². The third-order valence-electron chi connectivity index (χ3n) is 3.81. The smallest absolute Gasteiger partial charge is 0.255 e. The van der Waals surface area contributed by atoms with Gasteiger partial charge in [-0.15, -0.1) is 0 Å². The van der Waals surface area contributed by atoms with E-state index in [1.54, 1.807) is 0 Å². The molecule has 2 unspecified atom stereocenters. The van der Waals surface area contributed by atoms with Crippen molar-refractivity contribution in [1.82, 2.24) is 4.90 Å². The van der Waals surface area contributed by atoms with Gasteiger partial charge in [0.2, 0.25) is 0 Å². The van der Waals surface area contributed by atoms with E-state index >= 15 is 0 Å². The van der Waals surface area contributed by atoms with Gasteiger partial charge < -0.3 is 16.2 Å². The van der Waals surface area contributed by atoms with Crippen molar-refractivity contribution in [3.63, 3.8) is 0 Å². The molecule has 1 fully saturated rings. The highest BCUT2D eigenvalue weighted by Crippen LogP contribution is 2.24. The molecule has 0 aliphatic carbocycles. The monoisotopic (exact) mass is 277 g/mol. The van der Waals surface area contributed by atoms with Crippen LogP contribution in [-0.2, 0) is 11.3 Å². The zero-order chi connectivity index (χ0) is 14.5. The fourth-order valence-corrected chi connectivity index (χ4v) is 2.69. The lowest BCUT2D eigenvalue weighted by molar-refractivity contribution is -0.119. The van der Waals surface area contributed by atoms with Crippen LogP contribution in [0.2, 0.25) is 0 Å². The second kappa shape index (κ2) is 6.72. The average molecular weight is 277 g/mol. The highest BCUT2D eigenvalue weighted by atomic mass is 16.5. The lowest BCUT2D eigenvalue weighted by Crippen LogP contribution is -2.27. The number of ether oxygens (including phenoxy) is 1. The van der Waals surface area contributed by atoms with Crippen LogP contribution in [0.5, 0.6) is 5.75 Å². The summed E-state index contributed by atoms with van der Waals surface area (Å²) in [6, 6.07) is 8.38. The van der Waals surface area contributed by atoms with E-state index in [1.807, 2.05) is 24.3 Å². The molecule has 0 spiro atoms. The van der Waals surface area contributed by atoms with Gasteiger partial charge in [-0.1, -0.05) is 12.1 Å². The summed E-state index contributed by atoms with van der Waals surface area (Å²) in [5, 5.41) is 0. The van der Waals surface area contributed by atoms with E-state index < -0.39 is 5.91 Å². The van der Waals surface area contributed by atoms with E-state index in [9.17, 15) is 4.79 Å². The van der Waals surface area contributed by atoms with Crippen molar-refractivity contribution < 1.29 is 9.53 Å². The molecule has 0 saturated carbocycles. The molecule has 1 heterocycles. The predicted octanol–water partition coefficient (Wildman–Crippen LogP) is 0.720. The van der Waals surface area contributed by atoms with E-state index in [2.05, 4.69) is 11.8 Å². The Morgan fingerprint density at radius 2 is 2.10 bits per heavy atom. The first-order valence-electron chi connectivity index (χ1n) is 7.02. The molecule has 1 aromatic rings. The summed E-state index contributed by atoms with van der Waals surface area (Å²) in [5.74, 6) is 0.817. The van der Waals surface area contributed by atoms with Crippen LogP contribution in [0.4, 0.5) is 0 Å². The van der Waals surface area contributed by atoms with Gasteiger partial charge in [0, 0.05) is 19.1 Å². The Morgan fingerprint density at radius 3 is 2.65 bits per heavy atom. The lowest BCUT2D eigenvalue weighted by Gasteiger charge is -2.21. The van der Waals surface area contributed by atoms with Crippen LogP contribution in [-0.4, -0.2) is 36.5 Å². The van der Waals surface area contributed by atoms with E-state index in [0.717, 1.165) is 19.6 Å². The average Bonchev–Trinajstić information content (AvgIpc) is 2.78. The van der Waals surface area contributed by atoms with Crippen LogP contribution >= 0.6 is 0 Å². The van der Waals surface area contributed by atoms with Crippen molar-refractivity contribution in [2.24, 2.45) is 17.4 Å². The maximum atomic E-state index is 10.6. The number of primary amides is 1. The molecule has 0 aromatic heterocycles. The predicted molar refractivity (Wildman–Crippen MR) is 78.2 cm³/mol. The summed E-state index contributed by atoms with van der Waals surface area (Å²) in [7, 11) is 0. The number of nitrogens with zero attached hydrogens (tertiary/aromatic N) is 1. The van der Waals surface area contributed by atoms with Crippen LogP contribution in [0.25, 0.3) is 0 Å². The lowest BCUT2D eigenvalue weighted by atomic mass is 10.1. The number of hydrogen-bond acceptors (Lipinski definition) is 4. The fourth-order valence-electron chi connectivity index (χ4n) is 2.69. The summed E-state index contributed by atoms with van der Waals surface area (Å²) >= 11 is 0. The molecule has 1 aromatic carbocycles. The number of likely N-dealkylation sites (tertiary alicyclic amines) is 1. The third kappa shape index (κ3) is 3.95. The Kier molecular flexibility index (Phi) is 4.98. The van der Waals surface area contributed by atoms with Gasteiger partial charge in [0.25, 0.3) is 5.91 Å². The summed E-state index contributed by atoms with van der Waals surface area (Å²) in [6.45, 7) is 4.92. The SMILES string of the molecule is CC1CC(CN)CN1Cc1ccc(OCC(N)=O)cc1. The van der Waals surface area contributed by atoms with E-state index in [-0.39, 0.29) is 6.61 Å². The van der Waals surface area contributed by atoms with E-state index in [4.69, 9.17) is 16.2 Å². The van der Waals surface area contributed by atoms with Crippen LogP contribution < -0.4 is 16.2 Å². The molecule has 2 atom stereocenters. The second-order valence-electron chi connectivity index (χ2n) is 5.51. The number of carbonyl (C=O) groups excluding carboxylic acids is 1. The molecule has 2 rings (SSSR count). The fraction of sp³-hybridized carbons (Fsp3) is 0.533. The zero-order valence-electron chi connectivity index (χ0n) is 11.9. The Labute approximate surface area is 119 Å². The largest absolute Gasteiger partial charge is 0.484 e. The highest BCUT2D eigenvalue weighted by molar-refractivity contribution is 5.75. The van der Waals surface area contributed by atoms with Gasteiger partial charge in [-0.25, -0.2) is 0 Å². The highest BCUT2D eigenvalue weighted by Gasteiger charge is 2.27. The maximum absolute atomic E-state index is 10.6. The molecule has 20 heavy (non-hydrogen) atoms. The zero-order valence-corrected chi connectivity index (χ0v) is 11.9. The first-order valence-corrected chi connectivity index (χ1v) is 7.02. The van der Waals surface area contributed by atoms with Gasteiger partial charge in [-0.3, -0.25) is 9.69 Å². The van der Waals surface area contributed by atoms with Crippen molar-refractivity contribution in [3.8, 4) is 5.75 Å². The number of rotatable bonds is 6. The molecular formula is C15H23N3O2. The first-order chi connectivity index (χ1) is 9.58. The van der Waals surface area contributed by atoms with Crippen molar-refractivity contribution in [3.05, 3.63) is 29.8 Å². The van der Waals surface area contributed by atoms with Gasteiger partial charge in [-0.2, -0.15) is 0 Å². The molecule has 1 aliphatic rings. The van der Waals surface area contributed by atoms with Gasteiger partial charge in [0.05, 0.1) is 0 Å². The summed E-state index contributed by atoms with van der Waals surface area (Å²) in [4.78, 5) is 13.1. The molecule has 0 radical (unpaired) electrons. The normalized spacial score (nSPS) is 22.9. The van der Waals surface area contributed by atoms with Crippen LogP contribution in [0, 0.1) is 5.92 Å². The number of benzene rings is 1. The molecule has 1 amide bonds. The molecule has 5 heteroatoms. The minimum atomic E-state index is -0.465. The minimum Gasteiger partial charge on any atom is -0.484 e. The molecule has 0 bridgehead atoms. The Hall–Kier alpha value is -1.59. The van der Waals surface area contributed by atoms with Gasteiger partial charge in [0.15, 0.2) is 6.61 Å². The van der Waals surface area contributed by atoms with E-state index in [1.165, 1.54) is 12.0 Å². The molecule has 110 valence electrons. The summed E-state index contributed by atoms with van der Waals surface area (Å²) < 4.78 is 5.24. The van der Waals surface area contributed by atoms with Crippen molar-refractivity contribution in [1.29, 1.82) is 0 Å². The molecule has 5 nitrogen and oxygen atoms in total. The number of hydrogen-bond donors (Lipinski definition) is 2. The van der Waals surface area contributed by atoms with E-state index in [0.29, 0.717) is 17.7 Å². The maximum Gasteiger partial charge on any atom is 0.255 e. The Balaban J connectivity index is 1.89. The Bertz CT molecular complexity index is 447. The topological polar surface area (TPSA) is 81.6 Å². The molecule has 1 aliphatic heterocycles. The van der Waals surface area contributed by atoms with Crippen molar-refractivity contribution >= 4 is 5.91 Å². The number of carbonyl (C=O) groups is 1. The summed E-state index contributed by atoms with van der Waals surface area (Å²) in [6.07, 6.45) is 1.18. The Morgan fingerprint density at radius 1 is 1.40 bits per heavy atom. The number of amides is 1. The minimum absolute atomic E-state index is 0.0827. The third-order valence-corrected chi connectivity index (χ3v) is 3.81. The molecule has 4 N–H and O–H groups in total. The molecule has 1 saturated heterocycles. The van der Waals surface area contributed by atoms with Crippen molar-refractivity contribution in [2.75, 3.05) is 19.7 Å². The number of nitrogens with two attached hydrogens (primary N) is 2. The molecular weight excluding hydrogens is 254 g/mol. The first kappa shape index (κ1) is 14.8. The standard InChI is InChI=1S/C15H23N3O2/c1-11-6-13(7-16)9-18(11)8-12-2-4-14(5-3-12)20-10-15(17)19/h2-5,11,13H,6-10,16H2,1H3,(H2,17,19). The van der Waals surface area contributed by atoms with Gasteiger partial charge in [-0.05, 0) is 43.5 Å². The van der Waals surface area contributed by atoms with Crippen molar-refractivity contribution in [2.45, 2.75) is 25.9 Å². The van der Waals surface area contributed by atoms with Crippen LogP contribution in [0.1, 0.15) is 18.9 Å².